The van der Waals surface area contributed by atoms with Crippen molar-refractivity contribution >= 4 is 35.0 Å². The average Bonchev–Trinajstić information content (AvgIpc) is 2.28. The summed E-state index contributed by atoms with van der Waals surface area (Å²) in [4.78, 5) is 21.3. The Balaban J connectivity index is 2.63. The molecule has 0 N–H and O–H groups in total. The van der Waals surface area contributed by atoms with Crippen molar-refractivity contribution in [3.05, 3.63) is 46.0 Å². The van der Waals surface area contributed by atoms with Gasteiger partial charge in [-0.15, -0.1) is 18.3 Å². The smallest absolute Gasteiger partial charge is 0.321 e. The normalized spacial score (nSPS) is 9.83. The van der Waals surface area contributed by atoms with Gasteiger partial charge in [0.2, 0.25) is 0 Å². The molecule has 0 aliphatic heterocycles. The quantitative estimate of drug-likeness (QED) is 0.201. The van der Waals surface area contributed by atoms with E-state index in [1.807, 2.05) is 0 Å². The lowest BCUT2D eigenvalue weighted by Crippen LogP contribution is -2.10. The summed E-state index contributed by atoms with van der Waals surface area (Å²) in [5.74, 6) is 0.582. The minimum absolute atomic E-state index is 0.0657. The van der Waals surface area contributed by atoms with E-state index in [2.05, 4.69) is 6.58 Å². The third kappa shape index (κ3) is 4.38. The highest BCUT2D eigenvalue weighted by atomic mass is 35.5. The van der Waals surface area contributed by atoms with E-state index in [1.165, 1.54) is 30.0 Å². The van der Waals surface area contributed by atoms with Gasteiger partial charge < -0.3 is 4.74 Å². The van der Waals surface area contributed by atoms with Crippen molar-refractivity contribution in [2.24, 2.45) is 0 Å². The third-order valence-corrected chi connectivity index (χ3v) is 3.02. The monoisotopic (exact) mass is 287 g/mol. The van der Waals surface area contributed by atoms with Crippen molar-refractivity contribution in [3.8, 4) is 5.75 Å². The first-order chi connectivity index (χ1) is 8.54. The predicted octanol–water partition coefficient (Wildman–Crippen LogP) is 3.07. The molecule has 0 fully saturated rings. The van der Waals surface area contributed by atoms with Gasteiger partial charge in [0.15, 0.2) is 0 Å². The maximum Gasteiger partial charge on any atom is 0.321 e. The molecule has 1 aromatic rings. The molecule has 0 aliphatic carbocycles. The van der Waals surface area contributed by atoms with Crippen LogP contribution >= 0.6 is 23.4 Å². The molecule has 0 aliphatic rings. The van der Waals surface area contributed by atoms with E-state index in [4.69, 9.17) is 16.3 Å². The second-order valence-corrected chi connectivity index (χ2v) is 4.59. The third-order valence-electron chi connectivity index (χ3n) is 1.80. The van der Waals surface area contributed by atoms with Crippen LogP contribution in [0.4, 0.5) is 5.69 Å². The van der Waals surface area contributed by atoms with E-state index in [1.54, 1.807) is 6.08 Å². The van der Waals surface area contributed by atoms with E-state index < -0.39 is 10.9 Å². The first kappa shape index (κ1) is 14.5. The zero-order chi connectivity index (χ0) is 13.5. The van der Waals surface area contributed by atoms with Crippen molar-refractivity contribution in [1.29, 1.82) is 0 Å². The van der Waals surface area contributed by atoms with Crippen molar-refractivity contribution < 1.29 is 14.5 Å². The SMILES string of the molecule is C=CCSCC(=O)Oc1ccc([N+](=O)[O-])c(Cl)c1. The van der Waals surface area contributed by atoms with Crippen molar-refractivity contribution in [3.63, 3.8) is 0 Å². The number of nitrogens with zero attached hydrogens (tertiary/aromatic N) is 1. The van der Waals surface area contributed by atoms with Gasteiger partial charge in [0.1, 0.15) is 10.8 Å². The minimum atomic E-state index is -0.603. The fourth-order valence-electron chi connectivity index (χ4n) is 1.09. The number of halogens is 1. The van der Waals surface area contributed by atoms with Crippen molar-refractivity contribution in [2.45, 2.75) is 0 Å². The molecule has 1 rings (SSSR count). The maximum absolute atomic E-state index is 11.4. The number of esters is 1. The van der Waals surface area contributed by atoms with Gasteiger partial charge in [0, 0.05) is 17.9 Å². The molecule has 96 valence electrons. The van der Waals surface area contributed by atoms with E-state index in [9.17, 15) is 14.9 Å². The summed E-state index contributed by atoms with van der Waals surface area (Å²) in [5.41, 5.74) is -0.225. The number of nitro benzene ring substituents is 1. The molecule has 0 radical (unpaired) electrons. The van der Waals surface area contributed by atoms with Gasteiger partial charge in [-0.05, 0) is 6.07 Å². The highest BCUT2D eigenvalue weighted by Gasteiger charge is 2.14. The molecule has 0 aromatic heterocycles. The van der Waals surface area contributed by atoms with Crippen molar-refractivity contribution in [2.75, 3.05) is 11.5 Å². The van der Waals surface area contributed by atoms with Gasteiger partial charge >= 0.3 is 5.97 Å². The molecular weight excluding hydrogens is 278 g/mol. The van der Waals surface area contributed by atoms with Crippen LogP contribution in [0.2, 0.25) is 5.02 Å². The van der Waals surface area contributed by atoms with Gasteiger partial charge in [0.25, 0.3) is 5.69 Å². The van der Waals surface area contributed by atoms with Gasteiger partial charge in [0.05, 0.1) is 10.7 Å². The summed E-state index contributed by atoms with van der Waals surface area (Å²) in [5, 5.41) is 10.5. The van der Waals surface area contributed by atoms with Crippen LogP contribution in [-0.2, 0) is 4.79 Å². The fraction of sp³-hybridized carbons (Fsp3) is 0.182. The standard InChI is InChI=1S/C11H10ClNO4S/c1-2-5-18-7-11(14)17-8-3-4-10(13(15)16)9(12)6-8/h2-4,6H,1,5,7H2. The van der Waals surface area contributed by atoms with E-state index in [0.29, 0.717) is 5.75 Å². The van der Waals surface area contributed by atoms with Crippen LogP contribution in [0, 0.1) is 10.1 Å². The second kappa shape index (κ2) is 7.03. The highest BCUT2D eigenvalue weighted by Crippen LogP contribution is 2.28. The molecule has 0 saturated carbocycles. The van der Waals surface area contributed by atoms with Crippen molar-refractivity contribution in [1.82, 2.24) is 0 Å². The lowest BCUT2D eigenvalue weighted by Gasteiger charge is -2.04. The number of benzene rings is 1. The maximum atomic E-state index is 11.4. The summed E-state index contributed by atoms with van der Waals surface area (Å²) < 4.78 is 4.98. The molecule has 0 spiro atoms. The van der Waals surface area contributed by atoms with Crippen LogP contribution in [-0.4, -0.2) is 22.4 Å². The lowest BCUT2D eigenvalue weighted by atomic mass is 10.3. The van der Waals surface area contributed by atoms with Crippen LogP contribution in [0.15, 0.2) is 30.9 Å². The minimum Gasteiger partial charge on any atom is -0.426 e. The number of nitro groups is 1. The molecule has 0 saturated heterocycles. The Bertz CT molecular complexity index is 478. The number of thioether (sulfide) groups is 1. The number of hydrogen-bond acceptors (Lipinski definition) is 5. The molecule has 5 nitrogen and oxygen atoms in total. The molecular formula is C11H10ClNO4S. The number of carbonyl (C=O) groups excluding carboxylic acids is 1. The summed E-state index contributed by atoms with van der Waals surface area (Å²) in [7, 11) is 0. The molecule has 0 unspecified atom stereocenters. The largest absolute Gasteiger partial charge is 0.426 e. The number of carbonyl (C=O) groups is 1. The van der Waals surface area contributed by atoms with Crippen LogP contribution in [0.3, 0.4) is 0 Å². The van der Waals surface area contributed by atoms with E-state index in [0.717, 1.165) is 0 Å². The zero-order valence-electron chi connectivity index (χ0n) is 9.30. The Morgan fingerprint density at radius 1 is 1.61 bits per heavy atom. The molecule has 18 heavy (non-hydrogen) atoms. The highest BCUT2D eigenvalue weighted by molar-refractivity contribution is 8.00. The predicted molar refractivity (Wildman–Crippen MR) is 71.3 cm³/mol. The average molecular weight is 288 g/mol. The summed E-state index contributed by atoms with van der Waals surface area (Å²) in [6.45, 7) is 3.53. The Hall–Kier alpha value is -1.53. The molecule has 7 heteroatoms. The Morgan fingerprint density at radius 2 is 2.33 bits per heavy atom. The summed E-state index contributed by atoms with van der Waals surface area (Å²) in [6, 6.07) is 3.78. The molecule has 1 aromatic carbocycles. The zero-order valence-corrected chi connectivity index (χ0v) is 10.9. The van der Waals surface area contributed by atoms with Gasteiger partial charge in [-0.25, -0.2) is 0 Å². The van der Waals surface area contributed by atoms with Gasteiger partial charge in [-0.2, -0.15) is 0 Å². The summed E-state index contributed by atoms with van der Waals surface area (Å²) in [6.07, 6.45) is 1.68. The van der Waals surface area contributed by atoms with Crippen LogP contribution in [0.25, 0.3) is 0 Å². The van der Waals surface area contributed by atoms with E-state index >= 15 is 0 Å². The lowest BCUT2D eigenvalue weighted by molar-refractivity contribution is -0.384. The number of hydrogen-bond donors (Lipinski definition) is 0. The van der Waals surface area contributed by atoms with Crippen LogP contribution in [0.1, 0.15) is 0 Å². The molecule has 0 heterocycles. The molecule has 0 bridgehead atoms. The Kier molecular flexibility index (Phi) is 5.67. The second-order valence-electron chi connectivity index (χ2n) is 3.15. The van der Waals surface area contributed by atoms with Gasteiger partial charge in [-0.1, -0.05) is 17.7 Å². The molecule has 0 atom stereocenters. The Morgan fingerprint density at radius 3 is 2.89 bits per heavy atom. The summed E-state index contributed by atoms with van der Waals surface area (Å²) >= 11 is 7.04. The first-order valence-corrected chi connectivity index (χ1v) is 6.41. The first-order valence-electron chi connectivity index (χ1n) is 4.88. The fourth-order valence-corrected chi connectivity index (χ4v) is 1.84. The molecule has 0 amide bonds. The number of rotatable bonds is 6. The van der Waals surface area contributed by atoms with E-state index in [-0.39, 0.29) is 22.2 Å². The number of ether oxygens (including phenoxy) is 1. The Labute approximate surface area is 113 Å². The topological polar surface area (TPSA) is 69.4 Å². The van der Waals surface area contributed by atoms with Gasteiger partial charge in [-0.3, -0.25) is 14.9 Å². The van der Waals surface area contributed by atoms with Crippen LogP contribution < -0.4 is 4.74 Å². The van der Waals surface area contributed by atoms with Crippen LogP contribution in [0.5, 0.6) is 5.75 Å².